The van der Waals surface area contributed by atoms with Crippen LogP contribution in [0.3, 0.4) is 0 Å². The number of aliphatic hydroxyl groups is 1. The number of imide groups is 1. The molecule has 3 amide bonds. The van der Waals surface area contributed by atoms with Gasteiger partial charge in [0.25, 0.3) is 11.8 Å². The van der Waals surface area contributed by atoms with Crippen molar-refractivity contribution in [2.24, 2.45) is 0 Å². The molecule has 0 saturated carbocycles. The summed E-state index contributed by atoms with van der Waals surface area (Å²) in [6.07, 6.45) is -0.244. The van der Waals surface area contributed by atoms with Gasteiger partial charge in [0.1, 0.15) is 18.2 Å². The van der Waals surface area contributed by atoms with Gasteiger partial charge in [-0.05, 0) is 44.4 Å². The lowest BCUT2D eigenvalue weighted by Gasteiger charge is -2.37. The van der Waals surface area contributed by atoms with Crippen LogP contribution in [0.15, 0.2) is 36.4 Å². The van der Waals surface area contributed by atoms with E-state index >= 15 is 0 Å². The summed E-state index contributed by atoms with van der Waals surface area (Å²) >= 11 is 0. The van der Waals surface area contributed by atoms with Crippen molar-refractivity contribution < 1.29 is 28.6 Å². The second-order valence-electron chi connectivity index (χ2n) is 8.68. The number of halogens is 1. The molecule has 2 aromatic carbocycles. The summed E-state index contributed by atoms with van der Waals surface area (Å²) in [5, 5.41) is 16.2. The van der Waals surface area contributed by atoms with Crippen molar-refractivity contribution >= 4 is 23.4 Å². The number of benzene rings is 2. The molecule has 1 saturated heterocycles. The highest BCUT2D eigenvalue weighted by Crippen LogP contribution is 2.36. The van der Waals surface area contributed by atoms with Crippen molar-refractivity contribution in [3.05, 3.63) is 58.9 Å². The predicted octanol–water partition coefficient (Wildman–Crippen LogP) is 1.46. The fourth-order valence-corrected chi connectivity index (χ4v) is 4.06. The number of anilines is 1. The van der Waals surface area contributed by atoms with Crippen LogP contribution in [0.1, 0.15) is 34.3 Å². The molecule has 3 N–H and O–H groups in total. The zero-order chi connectivity index (χ0) is 24.5. The van der Waals surface area contributed by atoms with E-state index < -0.39 is 29.3 Å². The molecule has 4 rings (SSSR count). The number of nitrogens with zero attached hydrogens (tertiary/aromatic N) is 2. The SMILES string of the molecule is CN(C)CCOc1ccc(F)c(CNc2cccc3c2CN(C2(O)CCC(=O)NC2=O)C3=O)c1. The first-order valence-corrected chi connectivity index (χ1v) is 11.0. The van der Waals surface area contributed by atoms with Gasteiger partial charge < -0.3 is 20.1 Å². The highest BCUT2D eigenvalue weighted by molar-refractivity contribution is 6.07. The monoisotopic (exact) mass is 470 g/mol. The fourth-order valence-electron chi connectivity index (χ4n) is 4.06. The summed E-state index contributed by atoms with van der Waals surface area (Å²) in [5.41, 5.74) is -0.202. The number of carbonyl (C=O) groups excluding carboxylic acids is 3. The van der Waals surface area contributed by atoms with Gasteiger partial charge >= 0.3 is 0 Å². The zero-order valence-electron chi connectivity index (χ0n) is 19.1. The molecule has 1 atom stereocenters. The van der Waals surface area contributed by atoms with Gasteiger partial charge in [-0.25, -0.2) is 4.39 Å². The molecule has 2 heterocycles. The topological polar surface area (TPSA) is 111 Å². The van der Waals surface area contributed by atoms with Crippen LogP contribution in [0.25, 0.3) is 0 Å². The fraction of sp³-hybridized carbons (Fsp3) is 0.375. The van der Waals surface area contributed by atoms with E-state index in [0.717, 1.165) is 11.4 Å². The van der Waals surface area contributed by atoms with Crippen LogP contribution >= 0.6 is 0 Å². The minimum absolute atomic E-state index is 0.0222. The molecule has 1 unspecified atom stereocenters. The number of carbonyl (C=O) groups is 3. The Morgan fingerprint density at radius 2 is 2.03 bits per heavy atom. The standard InChI is InChI=1S/C24H27FN4O5/c1-28(2)10-11-34-16-6-7-19(25)15(12-16)13-26-20-5-3-4-17-18(20)14-29(22(17)31)24(33)9-8-21(30)27-23(24)32/h3-7,12,26,33H,8-11,13-14H2,1-2H3,(H,27,30,32). The smallest absolute Gasteiger partial charge is 0.279 e. The third kappa shape index (κ3) is 4.59. The first-order chi connectivity index (χ1) is 16.2. The van der Waals surface area contributed by atoms with Gasteiger partial charge in [-0.2, -0.15) is 0 Å². The highest BCUT2D eigenvalue weighted by Gasteiger charge is 2.51. The molecule has 2 aliphatic rings. The quantitative estimate of drug-likeness (QED) is 0.501. The number of likely N-dealkylation sites (N-methyl/N-ethyl adjacent to an activating group) is 1. The maximum absolute atomic E-state index is 14.4. The van der Waals surface area contributed by atoms with Gasteiger partial charge in [0, 0.05) is 48.3 Å². The van der Waals surface area contributed by atoms with Gasteiger partial charge in [-0.3, -0.25) is 24.6 Å². The Balaban J connectivity index is 1.49. The molecule has 0 aliphatic carbocycles. The summed E-state index contributed by atoms with van der Waals surface area (Å²) in [7, 11) is 3.87. The Kier molecular flexibility index (Phi) is 6.54. The molecule has 34 heavy (non-hydrogen) atoms. The van der Waals surface area contributed by atoms with E-state index in [0.29, 0.717) is 34.7 Å². The minimum atomic E-state index is -2.11. The Labute approximate surface area is 196 Å². The maximum Gasteiger partial charge on any atom is 0.279 e. The molecule has 180 valence electrons. The normalized spacial score (nSPS) is 19.9. The van der Waals surface area contributed by atoms with Crippen LogP contribution in [0.2, 0.25) is 0 Å². The lowest BCUT2D eigenvalue weighted by molar-refractivity contribution is -0.167. The molecule has 2 aromatic rings. The summed E-state index contributed by atoms with van der Waals surface area (Å²) < 4.78 is 20.1. The molecule has 9 nitrogen and oxygen atoms in total. The van der Waals surface area contributed by atoms with Crippen molar-refractivity contribution in [1.82, 2.24) is 15.1 Å². The van der Waals surface area contributed by atoms with Gasteiger partial charge in [-0.1, -0.05) is 6.07 Å². The zero-order valence-corrected chi connectivity index (χ0v) is 19.1. The van der Waals surface area contributed by atoms with Crippen molar-refractivity contribution in [2.45, 2.75) is 31.7 Å². The molecule has 0 aromatic heterocycles. The lowest BCUT2D eigenvalue weighted by atomic mass is 10.00. The van der Waals surface area contributed by atoms with E-state index in [1.165, 1.54) is 6.07 Å². The van der Waals surface area contributed by atoms with Crippen LogP contribution in [-0.4, -0.2) is 65.6 Å². The second-order valence-corrected chi connectivity index (χ2v) is 8.68. The maximum atomic E-state index is 14.4. The number of rotatable bonds is 8. The first kappa shape index (κ1) is 23.7. The molecular formula is C24H27FN4O5. The summed E-state index contributed by atoms with van der Waals surface area (Å²) in [6, 6.07) is 9.59. The number of hydrogen-bond acceptors (Lipinski definition) is 7. The van der Waals surface area contributed by atoms with Crippen molar-refractivity contribution in [1.29, 1.82) is 0 Å². The third-order valence-corrected chi connectivity index (χ3v) is 6.03. The van der Waals surface area contributed by atoms with E-state index in [4.69, 9.17) is 4.74 Å². The number of ether oxygens (including phenoxy) is 1. The van der Waals surface area contributed by atoms with Crippen LogP contribution in [0.4, 0.5) is 10.1 Å². The van der Waals surface area contributed by atoms with Crippen molar-refractivity contribution in [3.8, 4) is 5.75 Å². The van der Waals surface area contributed by atoms with E-state index in [2.05, 4.69) is 10.6 Å². The number of amides is 3. The largest absolute Gasteiger partial charge is 0.492 e. The molecular weight excluding hydrogens is 443 g/mol. The molecule has 0 bridgehead atoms. The van der Waals surface area contributed by atoms with Crippen molar-refractivity contribution in [3.63, 3.8) is 0 Å². The molecule has 2 aliphatic heterocycles. The Bertz CT molecular complexity index is 1140. The number of fused-ring (bicyclic) bond motifs is 1. The van der Waals surface area contributed by atoms with Crippen LogP contribution in [0, 0.1) is 5.82 Å². The first-order valence-electron chi connectivity index (χ1n) is 11.0. The third-order valence-electron chi connectivity index (χ3n) is 6.03. The molecule has 0 radical (unpaired) electrons. The van der Waals surface area contributed by atoms with Gasteiger partial charge in [-0.15, -0.1) is 0 Å². The van der Waals surface area contributed by atoms with Crippen LogP contribution in [-0.2, 0) is 22.7 Å². The minimum Gasteiger partial charge on any atom is -0.492 e. The van der Waals surface area contributed by atoms with Crippen molar-refractivity contribution in [2.75, 3.05) is 32.6 Å². The Morgan fingerprint density at radius 3 is 2.76 bits per heavy atom. The number of nitrogens with one attached hydrogen (secondary N) is 2. The highest BCUT2D eigenvalue weighted by atomic mass is 19.1. The van der Waals surface area contributed by atoms with E-state index in [1.54, 1.807) is 30.3 Å². The average molecular weight is 471 g/mol. The lowest BCUT2D eigenvalue weighted by Crippen LogP contribution is -2.63. The van der Waals surface area contributed by atoms with E-state index in [1.807, 2.05) is 19.0 Å². The van der Waals surface area contributed by atoms with Gasteiger partial charge in [0.15, 0.2) is 0 Å². The number of piperidine rings is 1. The number of hydrogen-bond donors (Lipinski definition) is 3. The van der Waals surface area contributed by atoms with Gasteiger partial charge in [0.05, 0.1) is 6.54 Å². The van der Waals surface area contributed by atoms with Crippen LogP contribution in [0.5, 0.6) is 5.75 Å². The Morgan fingerprint density at radius 1 is 1.24 bits per heavy atom. The summed E-state index contributed by atoms with van der Waals surface area (Å²) in [6.45, 7) is 1.31. The predicted molar refractivity (Wildman–Crippen MR) is 121 cm³/mol. The average Bonchev–Trinajstić information content (AvgIpc) is 3.14. The Hall–Kier alpha value is -3.50. The van der Waals surface area contributed by atoms with Gasteiger partial charge in [0.2, 0.25) is 11.6 Å². The van der Waals surface area contributed by atoms with E-state index in [-0.39, 0.29) is 25.9 Å². The molecule has 10 heteroatoms. The van der Waals surface area contributed by atoms with Crippen LogP contribution < -0.4 is 15.4 Å². The molecule has 0 spiro atoms. The second kappa shape index (κ2) is 9.40. The molecule has 1 fully saturated rings. The summed E-state index contributed by atoms with van der Waals surface area (Å²) in [5.74, 6) is -1.74. The van der Waals surface area contributed by atoms with E-state index in [9.17, 15) is 23.9 Å². The summed E-state index contributed by atoms with van der Waals surface area (Å²) in [4.78, 5) is 39.9.